The molecule has 0 aromatic carbocycles. The minimum absolute atomic E-state index is 0.340. The van der Waals surface area contributed by atoms with Gasteiger partial charge in [-0.15, -0.1) is 0 Å². The average Bonchev–Trinajstić information content (AvgIpc) is 1.99. The zero-order chi connectivity index (χ0) is 8.91. The summed E-state index contributed by atoms with van der Waals surface area (Å²) >= 11 is 3.18. The molecule has 0 spiro atoms. The van der Waals surface area contributed by atoms with Crippen LogP contribution in [0.3, 0.4) is 0 Å². The van der Waals surface area contributed by atoms with Gasteiger partial charge in [-0.25, -0.2) is 0 Å². The molecule has 1 atom stereocenters. The summed E-state index contributed by atoms with van der Waals surface area (Å²) in [5, 5.41) is 8.26. The molecule has 0 aliphatic heterocycles. The van der Waals surface area contributed by atoms with E-state index in [1.165, 1.54) is 7.11 Å². The Morgan fingerprint density at radius 1 is 1.82 bits per heavy atom. The van der Waals surface area contributed by atoms with Crippen LogP contribution in [0.25, 0.3) is 0 Å². The molecular weight excluding hydrogens is 210 g/mol. The van der Waals surface area contributed by atoms with Crippen LogP contribution >= 0.6 is 15.9 Å². The van der Waals surface area contributed by atoms with E-state index in [1.54, 1.807) is 6.92 Å². The van der Waals surface area contributed by atoms with Crippen LogP contribution in [0.1, 0.15) is 19.8 Å². The minimum Gasteiger partial charge on any atom is -0.468 e. The SMILES string of the molecule is COC(=O)C(C)(Br)CCC#N. The molecule has 0 aliphatic rings. The highest BCUT2D eigenvalue weighted by atomic mass is 79.9. The third-order valence-corrected chi connectivity index (χ3v) is 2.04. The van der Waals surface area contributed by atoms with Crippen molar-refractivity contribution in [2.75, 3.05) is 7.11 Å². The number of methoxy groups -OCH3 is 1. The highest BCUT2D eigenvalue weighted by Crippen LogP contribution is 2.24. The Morgan fingerprint density at radius 2 is 2.36 bits per heavy atom. The predicted octanol–water partition coefficient (Wildman–Crippen LogP) is 1.62. The highest BCUT2D eigenvalue weighted by Gasteiger charge is 2.30. The molecule has 0 bridgehead atoms. The van der Waals surface area contributed by atoms with Crippen molar-refractivity contribution >= 4 is 21.9 Å². The smallest absolute Gasteiger partial charge is 0.322 e. The summed E-state index contributed by atoms with van der Waals surface area (Å²) in [4.78, 5) is 11.0. The minimum atomic E-state index is -0.711. The highest BCUT2D eigenvalue weighted by molar-refractivity contribution is 9.10. The van der Waals surface area contributed by atoms with E-state index < -0.39 is 4.32 Å². The first kappa shape index (κ1) is 10.4. The van der Waals surface area contributed by atoms with Crippen LogP contribution in [0.5, 0.6) is 0 Å². The van der Waals surface area contributed by atoms with Crippen molar-refractivity contribution in [2.24, 2.45) is 0 Å². The average molecular weight is 220 g/mol. The van der Waals surface area contributed by atoms with E-state index in [0.717, 1.165) is 0 Å². The third kappa shape index (κ3) is 3.38. The Balaban J connectivity index is 4.01. The van der Waals surface area contributed by atoms with Crippen molar-refractivity contribution in [3.8, 4) is 6.07 Å². The lowest BCUT2D eigenvalue weighted by Gasteiger charge is -2.16. The summed E-state index contributed by atoms with van der Waals surface area (Å²) in [6.07, 6.45) is 0.813. The number of esters is 1. The number of ether oxygens (including phenoxy) is 1. The number of nitriles is 1. The second-order valence-corrected chi connectivity index (χ2v) is 4.10. The summed E-state index contributed by atoms with van der Waals surface area (Å²) in [6, 6.07) is 1.96. The van der Waals surface area contributed by atoms with E-state index in [4.69, 9.17) is 5.26 Å². The van der Waals surface area contributed by atoms with E-state index in [0.29, 0.717) is 12.8 Å². The van der Waals surface area contributed by atoms with Crippen LogP contribution in [0.15, 0.2) is 0 Å². The lowest BCUT2D eigenvalue weighted by atomic mass is 10.1. The summed E-state index contributed by atoms with van der Waals surface area (Å²) in [6.45, 7) is 1.69. The molecule has 3 nitrogen and oxygen atoms in total. The van der Waals surface area contributed by atoms with Crippen molar-refractivity contribution < 1.29 is 9.53 Å². The molecule has 0 heterocycles. The molecule has 0 aromatic heterocycles. The third-order valence-electron chi connectivity index (χ3n) is 1.32. The summed E-state index contributed by atoms with van der Waals surface area (Å²) in [5.41, 5.74) is 0. The zero-order valence-electron chi connectivity index (χ0n) is 6.56. The number of halogens is 1. The molecule has 11 heavy (non-hydrogen) atoms. The number of carbonyl (C=O) groups excluding carboxylic acids is 1. The van der Waals surface area contributed by atoms with Gasteiger partial charge in [0, 0.05) is 6.42 Å². The van der Waals surface area contributed by atoms with Crippen LogP contribution in [0.4, 0.5) is 0 Å². The lowest BCUT2D eigenvalue weighted by molar-refractivity contribution is -0.142. The largest absolute Gasteiger partial charge is 0.468 e. The van der Waals surface area contributed by atoms with Gasteiger partial charge in [0.05, 0.1) is 13.2 Å². The van der Waals surface area contributed by atoms with Crippen LogP contribution in [0, 0.1) is 11.3 Å². The first-order valence-electron chi connectivity index (χ1n) is 3.19. The van der Waals surface area contributed by atoms with Crippen molar-refractivity contribution in [1.82, 2.24) is 0 Å². The maximum absolute atomic E-state index is 11.0. The molecule has 0 saturated heterocycles. The van der Waals surface area contributed by atoms with Gasteiger partial charge < -0.3 is 4.74 Å². The van der Waals surface area contributed by atoms with Crippen LogP contribution in [0.2, 0.25) is 0 Å². The molecule has 0 N–H and O–H groups in total. The van der Waals surface area contributed by atoms with Crippen molar-refractivity contribution in [3.63, 3.8) is 0 Å². The second kappa shape index (κ2) is 4.35. The lowest BCUT2D eigenvalue weighted by Crippen LogP contribution is -2.29. The zero-order valence-corrected chi connectivity index (χ0v) is 8.14. The van der Waals surface area contributed by atoms with Gasteiger partial charge in [-0.2, -0.15) is 5.26 Å². The Bertz CT molecular complexity index is 183. The van der Waals surface area contributed by atoms with Gasteiger partial charge in [-0.3, -0.25) is 4.79 Å². The predicted molar refractivity (Wildman–Crippen MR) is 44.2 cm³/mol. The molecule has 0 radical (unpaired) electrons. The van der Waals surface area contributed by atoms with Gasteiger partial charge in [0.2, 0.25) is 0 Å². The Labute approximate surface area is 74.5 Å². The Morgan fingerprint density at radius 3 is 2.73 bits per heavy atom. The van der Waals surface area contributed by atoms with Crippen LogP contribution in [-0.2, 0) is 9.53 Å². The maximum atomic E-state index is 11.0. The molecule has 0 amide bonds. The second-order valence-electron chi connectivity index (χ2n) is 2.35. The Hall–Kier alpha value is -0.560. The fraction of sp³-hybridized carbons (Fsp3) is 0.714. The van der Waals surface area contributed by atoms with E-state index in [2.05, 4.69) is 20.7 Å². The summed E-state index contributed by atoms with van der Waals surface area (Å²) in [5.74, 6) is -0.340. The van der Waals surface area contributed by atoms with Crippen LogP contribution < -0.4 is 0 Å². The molecule has 62 valence electrons. The maximum Gasteiger partial charge on any atom is 0.322 e. The van der Waals surface area contributed by atoms with Gasteiger partial charge >= 0.3 is 5.97 Å². The molecule has 0 aliphatic carbocycles. The molecule has 1 unspecified atom stereocenters. The molecule has 0 rings (SSSR count). The normalized spacial score (nSPS) is 14.7. The van der Waals surface area contributed by atoms with Crippen molar-refractivity contribution in [3.05, 3.63) is 0 Å². The molecule has 0 fully saturated rings. The van der Waals surface area contributed by atoms with Gasteiger partial charge in [0.1, 0.15) is 4.32 Å². The molecule has 4 heteroatoms. The number of hydrogen-bond donors (Lipinski definition) is 0. The number of alkyl halides is 1. The first-order valence-corrected chi connectivity index (χ1v) is 3.98. The topological polar surface area (TPSA) is 50.1 Å². The van der Waals surface area contributed by atoms with Gasteiger partial charge in [-0.05, 0) is 13.3 Å². The molecule has 0 saturated carbocycles. The fourth-order valence-corrected chi connectivity index (χ4v) is 0.966. The van der Waals surface area contributed by atoms with Gasteiger partial charge in [-0.1, -0.05) is 15.9 Å². The number of hydrogen-bond acceptors (Lipinski definition) is 3. The fourth-order valence-electron chi connectivity index (χ4n) is 0.606. The van der Waals surface area contributed by atoms with Crippen LogP contribution in [-0.4, -0.2) is 17.4 Å². The van der Waals surface area contributed by atoms with E-state index in [1.807, 2.05) is 6.07 Å². The van der Waals surface area contributed by atoms with E-state index >= 15 is 0 Å². The first-order chi connectivity index (χ1) is 5.04. The standard InChI is InChI=1S/C7H10BrNO2/c1-7(8,4-3-5-9)6(10)11-2/h3-4H2,1-2H3. The van der Waals surface area contributed by atoms with Gasteiger partial charge in [0.25, 0.3) is 0 Å². The number of carbonyl (C=O) groups is 1. The summed E-state index contributed by atoms with van der Waals surface area (Å²) in [7, 11) is 1.33. The van der Waals surface area contributed by atoms with Crippen molar-refractivity contribution in [1.29, 1.82) is 5.26 Å². The van der Waals surface area contributed by atoms with Crippen molar-refractivity contribution in [2.45, 2.75) is 24.1 Å². The number of nitrogens with zero attached hydrogens (tertiary/aromatic N) is 1. The monoisotopic (exact) mass is 219 g/mol. The van der Waals surface area contributed by atoms with E-state index in [9.17, 15) is 4.79 Å². The quantitative estimate of drug-likeness (QED) is 0.536. The Kier molecular flexibility index (Phi) is 4.12. The molecule has 0 aromatic rings. The van der Waals surface area contributed by atoms with E-state index in [-0.39, 0.29) is 5.97 Å². The number of rotatable bonds is 3. The summed E-state index contributed by atoms with van der Waals surface area (Å²) < 4.78 is 3.81. The molecular formula is C7H10BrNO2. The van der Waals surface area contributed by atoms with Gasteiger partial charge in [0.15, 0.2) is 0 Å².